The molecule has 2 aromatic carbocycles. The first-order valence-corrected chi connectivity index (χ1v) is 10.6. The molecular formula is C20H26NO3P. The fraction of sp³-hybridized carbons (Fsp3) is 0.400. The summed E-state index contributed by atoms with van der Waals surface area (Å²) in [7, 11) is -3.52. The first kappa shape index (κ1) is 18.0. The molecule has 25 heavy (non-hydrogen) atoms. The van der Waals surface area contributed by atoms with Gasteiger partial charge in [-0.3, -0.25) is 0 Å². The Hall–Kier alpha value is -1.77. The van der Waals surface area contributed by atoms with Crippen LogP contribution in [0.15, 0.2) is 60.7 Å². The lowest BCUT2D eigenvalue weighted by Crippen LogP contribution is -2.30. The molecule has 4 nitrogen and oxygen atoms in total. The summed E-state index contributed by atoms with van der Waals surface area (Å²) in [6, 6.07) is 18.6. The van der Waals surface area contributed by atoms with E-state index in [2.05, 4.69) is 5.09 Å². The maximum atomic E-state index is 13.5. The molecule has 1 aliphatic rings. The third kappa shape index (κ3) is 5.91. The molecule has 1 fully saturated rings. The Bertz CT molecular complexity index is 624. The van der Waals surface area contributed by atoms with Gasteiger partial charge in [0.15, 0.2) is 0 Å². The molecule has 0 bridgehead atoms. The van der Waals surface area contributed by atoms with Gasteiger partial charge in [0.05, 0.1) is 0 Å². The lowest BCUT2D eigenvalue weighted by molar-refractivity contribution is 0.343. The fourth-order valence-electron chi connectivity index (χ4n) is 3.12. The van der Waals surface area contributed by atoms with Crippen LogP contribution in [0.4, 0.5) is 0 Å². The van der Waals surface area contributed by atoms with Crippen molar-refractivity contribution in [1.29, 1.82) is 0 Å². The van der Waals surface area contributed by atoms with Crippen LogP contribution >= 0.6 is 7.75 Å². The van der Waals surface area contributed by atoms with E-state index in [4.69, 9.17) is 9.05 Å². The number of rotatable bonds is 6. The molecule has 0 aliphatic heterocycles. The van der Waals surface area contributed by atoms with E-state index in [0.29, 0.717) is 11.5 Å². The number of hydrogen-bond donors (Lipinski definition) is 1. The maximum absolute atomic E-state index is 13.5. The molecular weight excluding hydrogens is 333 g/mol. The summed E-state index contributed by atoms with van der Waals surface area (Å²) in [5.41, 5.74) is 0. The molecule has 0 aromatic heterocycles. The van der Waals surface area contributed by atoms with Crippen molar-refractivity contribution < 1.29 is 13.6 Å². The van der Waals surface area contributed by atoms with E-state index in [0.717, 1.165) is 25.7 Å². The SMILES string of the molecule is O=P(NC1CCCCCCC1)(Oc1ccccc1)Oc1ccccc1. The zero-order chi connectivity index (χ0) is 17.4. The Morgan fingerprint density at radius 3 is 1.64 bits per heavy atom. The van der Waals surface area contributed by atoms with Gasteiger partial charge in [-0.15, -0.1) is 0 Å². The van der Waals surface area contributed by atoms with Crippen molar-refractivity contribution >= 4 is 7.75 Å². The van der Waals surface area contributed by atoms with E-state index in [1.54, 1.807) is 24.3 Å². The van der Waals surface area contributed by atoms with Crippen LogP contribution in [-0.2, 0) is 4.57 Å². The molecule has 0 atom stereocenters. The Morgan fingerprint density at radius 2 is 1.16 bits per heavy atom. The van der Waals surface area contributed by atoms with Crippen molar-refractivity contribution in [3.05, 3.63) is 60.7 Å². The standard InChI is InChI=1S/C20H26NO3P/c22-25(23-19-14-8-4-9-15-19,24-20-16-10-5-11-17-20)21-18-12-6-2-1-3-7-13-18/h4-5,8-11,14-18H,1-3,6-7,12-13H2,(H,21,22). The largest absolute Gasteiger partial charge is 0.513 e. The molecule has 2 aromatic rings. The first-order valence-electron chi connectivity index (χ1n) is 9.11. The van der Waals surface area contributed by atoms with Crippen LogP contribution in [0, 0.1) is 0 Å². The van der Waals surface area contributed by atoms with E-state index in [1.807, 2.05) is 36.4 Å². The van der Waals surface area contributed by atoms with Crippen LogP contribution in [0.3, 0.4) is 0 Å². The Kier molecular flexibility index (Phi) is 6.55. The molecule has 0 saturated heterocycles. The number of benzene rings is 2. The second-order valence-corrected chi connectivity index (χ2v) is 8.10. The minimum atomic E-state index is -3.52. The van der Waals surface area contributed by atoms with Crippen molar-refractivity contribution in [2.24, 2.45) is 0 Å². The highest BCUT2D eigenvalue weighted by Gasteiger charge is 2.32. The van der Waals surface area contributed by atoms with Crippen LogP contribution in [-0.4, -0.2) is 6.04 Å². The van der Waals surface area contributed by atoms with Gasteiger partial charge in [-0.05, 0) is 37.1 Å². The predicted octanol–water partition coefficient (Wildman–Crippen LogP) is 5.96. The lowest BCUT2D eigenvalue weighted by Gasteiger charge is -2.26. The molecule has 5 heteroatoms. The topological polar surface area (TPSA) is 47.6 Å². The third-order valence-corrected chi connectivity index (χ3v) is 5.97. The summed E-state index contributed by atoms with van der Waals surface area (Å²) in [5, 5.41) is 3.21. The predicted molar refractivity (Wildman–Crippen MR) is 101 cm³/mol. The van der Waals surface area contributed by atoms with Gasteiger partial charge in [0.1, 0.15) is 11.5 Å². The molecule has 0 unspecified atom stereocenters. The Balaban J connectivity index is 1.76. The van der Waals surface area contributed by atoms with Gasteiger partial charge in [0, 0.05) is 6.04 Å². The molecule has 1 N–H and O–H groups in total. The summed E-state index contributed by atoms with van der Waals surface area (Å²) in [6.07, 6.45) is 8.07. The average molecular weight is 359 g/mol. The van der Waals surface area contributed by atoms with E-state index >= 15 is 0 Å². The fourth-order valence-corrected chi connectivity index (χ4v) is 4.77. The smallest absolute Gasteiger partial charge is 0.405 e. The van der Waals surface area contributed by atoms with Crippen molar-refractivity contribution in [2.45, 2.75) is 51.0 Å². The maximum Gasteiger partial charge on any atom is 0.513 e. The molecule has 0 amide bonds. The second-order valence-electron chi connectivity index (χ2n) is 6.48. The van der Waals surface area contributed by atoms with Gasteiger partial charge in [0.2, 0.25) is 0 Å². The molecule has 1 saturated carbocycles. The summed E-state index contributed by atoms with van der Waals surface area (Å²) in [6.45, 7) is 0. The van der Waals surface area contributed by atoms with Gasteiger partial charge < -0.3 is 9.05 Å². The minimum Gasteiger partial charge on any atom is -0.405 e. The third-order valence-electron chi connectivity index (χ3n) is 4.38. The Morgan fingerprint density at radius 1 is 0.720 bits per heavy atom. The molecule has 1 aliphatic carbocycles. The zero-order valence-corrected chi connectivity index (χ0v) is 15.4. The van der Waals surface area contributed by atoms with E-state index in [1.165, 1.54) is 19.3 Å². The number of nitrogens with one attached hydrogen (secondary N) is 1. The number of para-hydroxylation sites is 2. The first-order chi connectivity index (χ1) is 12.2. The molecule has 0 radical (unpaired) electrons. The van der Waals surface area contributed by atoms with Gasteiger partial charge in [-0.1, -0.05) is 68.5 Å². The highest BCUT2D eigenvalue weighted by Crippen LogP contribution is 2.46. The zero-order valence-electron chi connectivity index (χ0n) is 14.5. The summed E-state index contributed by atoms with van der Waals surface area (Å²) in [5.74, 6) is 1.08. The van der Waals surface area contributed by atoms with Crippen LogP contribution < -0.4 is 14.1 Å². The number of hydrogen-bond acceptors (Lipinski definition) is 3. The van der Waals surface area contributed by atoms with Crippen LogP contribution in [0.25, 0.3) is 0 Å². The normalized spacial score (nSPS) is 16.6. The summed E-state index contributed by atoms with van der Waals surface area (Å²) < 4.78 is 25.1. The monoisotopic (exact) mass is 359 g/mol. The van der Waals surface area contributed by atoms with Crippen LogP contribution in [0.5, 0.6) is 11.5 Å². The molecule has 134 valence electrons. The van der Waals surface area contributed by atoms with E-state index < -0.39 is 7.75 Å². The van der Waals surface area contributed by atoms with Gasteiger partial charge in [-0.2, -0.15) is 5.09 Å². The van der Waals surface area contributed by atoms with Crippen LogP contribution in [0.2, 0.25) is 0 Å². The van der Waals surface area contributed by atoms with Crippen LogP contribution in [0.1, 0.15) is 44.9 Å². The molecule has 3 rings (SSSR count). The van der Waals surface area contributed by atoms with Crippen molar-refractivity contribution in [3.8, 4) is 11.5 Å². The van der Waals surface area contributed by atoms with E-state index in [9.17, 15) is 4.57 Å². The Labute approximate surface area is 150 Å². The quantitative estimate of drug-likeness (QED) is 0.647. The van der Waals surface area contributed by atoms with Crippen molar-refractivity contribution in [3.63, 3.8) is 0 Å². The van der Waals surface area contributed by atoms with Gasteiger partial charge in [-0.25, -0.2) is 4.57 Å². The molecule has 0 heterocycles. The second kappa shape index (κ2) is 9.07. The van der Waals surface area contributed by atoms with Crippen molar-refractivity contribution in [1.82, 2.24) is 5.09 Å². The minimum absolute atomic E-state index is 0.151. The summed E-state index contributed by atoms with van der Waals surface area (Å²) in [4.78, 5) is 0. The highest BCUT2D eigenvalue weighted by atomic mass is 31.2. The van der Waals surface area contributed by atoms with Crippen molar-refractivity contribution in [2.75, 3.05) is 0 Å². The van der Waals surface area contributed by atoms with Gasteiger partial charge in [0.25, 0.3) is 0 Å². The summed E-state index contributed by atoms with van der Waals surface area (Å²) >= 11 is 0. The highest BCUT2D eigenvalue weighted by molar-refractivity contribution is 7.52. The average Bonchev–Trinajstić information content (AvgIpc) is 2.59. The van der Waals surface area contributed by atoms with Gasteiger partial charge >= 0.3 is 7.75 Å². The lowest BCUT2D eigenvalue weighted by atomic mass is 9.97. The van der Waals surface area contributed by atoms with E-state index in [-0.39, 0.29) is 6.04 Å². The molecule has 0 spiro atoms.